The molecule has 0 amide bonds. The van der Waals surface area contributed by atoms with Crippen molar-refractivity contribution in [3.8, 4) is 0 Å². The quantitative estimate of drug-likeness (QED) is 0.751. The highest BCUT2D eigenvalue weighted by Crippen LogP contribution is 2.34. The summed E-state index contributed by atoms with van der Waals surface area (Å²) in [7, 11) is 2.00. The van der Waals surface area contributed by atoms with Crippen molar-refractivity contribution in [1.82, 2.24) is 4.57 Å². The van der Waals surface area contributed by atoms with E-state index in [2.05, 4.69) is 16.7 Å². The van der Waals surface area contributed by atoms with Crippen LogP contribution in [0.3, 0.4) is 0 Å². The lowest BCUT2D eigenvalue weighted by molar-refractivity contribution is 0.582. The van der Waals surface area contributed by atoms with Crippen molar-refractivity contribution in [3.05, 3.63) is 65.2 Å². The first-order valence-corrected chi connectivity index (χ1v) is 6.31. The van der Waals surface area contributed by atoms with Crippen LogP contribution in [-0.2, 0) is 19.9 Å². The van der Waals surface area contributed by atoms with E-state index in [9.17, 15) is 4.39 Å². The molecule has 1 aliphatic carbocycles. The van der Waals surface area contributed by atoms with E-state index in [4.69, 9.17) is 0 Å². The first kappa shape index (κ1) is 11.3. The predicted octanol–water partition coefficient (Wildman–Crippen LogP) is 3.89. The lowest BCUT2D eigenvalue weighted by Crippen LogP contribution is -2.06. The molecule has 0 atom stereocenters. The van der Waals surface area contributed by atoms with Gasteiger partial charge in [0.05, 0.1) is 0 Å². The summed E-state index contributed by atoms with van der Waals surface area (Å²) in [6.45, 7) is 0. The van der Waals surface area contributed by atoms with Crippen LogP contribution in [0.5, 0.6) is 0 Å². The Morgan fingerprint density at radius 3 is 2.72 bits per heavy atom. The Bertz CT molecular complexity index is 607. The maximum Gasteiger partial charge on any atom is 0.104 e. The van der Waals surface area contributed by atoms with Crippen molar-refractivity contribution in [1.29, 1.82) is 0 Å². The zero-order chi connectivity index (χ0) is 12.5. The van der Waals surface area contributed by atoms with Gasteiger partial charge >= 0.3 is 0 Å². The fourth-order valence-electron chi connectivity index (χ4n) is 2.63. The largest absolute Gasteiger partial charge is 0.354 e. The van der Waals surface area contributed by atoms with Gasteiger partial charge in [0.1, 0.15) is 5.83 Å². The summed E-state index contributed by atoms with van der Waals surface area (Å²) in [4.78, 5) is 0. The zero-order valence-corrected chi connectivity index (χ0v) is 10.5. The third-order valence-corrected chi connectivity index (χ3v) is 3.69. The Labute approximate surface area is 107 Å². The van der Waals surface area contributed by atoms with E-state index in [1.165, 1.54) is 5.56 Å². The highest BCUT2D eigenvalue weighted by atomic mass is 19.1. The van der Waals surface area contributed by atoms with Crippen molar-refractivity contribution in [2.75, 3.05) is 0 Å². The molecule has 18 heavy (non-hydrogen) atoms. The van der Waals surface area contributed by atoms with Gasteiger partial charge in [-0.25, -0.2) is 4.39 Å². The highest BCUT2D eigenvalue weighted by molar-refractivity contribution is 5.73. The first-order valence-electron chi connectivity index (χ1n) is 6.31. The summed E-state index contributed by atoms with van der Waals surface area (Å²) in [6.07, 6.45) is 4.03. The third-order valence-electron chi connectivity index (χ3n) is 3.69. The van der Waals surface area contributed by atoms with Crippen LogP contribution in [0.15, 0.2) is 48.4 Å². The molecule has 0 unspecified atom stereocenters. The Hall–Kier alpha value is -1.83. The topological polar surface area (TPSA) is 4.93 Å². The number of nitrogens with zero attached hydrogens (tertiary/aromatic N) is 1. The second-order valence-corrected chi connectivity index (χ2v) is 4.83. The Kier molecular flexibility index (Phi) is 2.78. The van der Waals surface area contributed by atoms with Gasteiger partial charge in [-0.2, -0.15) is 0 Å². The number of benzene rings is 1. The number of aromatic nitrogens is 1. The number of halogens is 1. The van der Waals surface area contributed by atoms with Crippen LogP contribution in [0.2, 0.25) is 0 Å². The van der Waals surface area contributed by atoms with E-state index >= 15 is 0 Å². The molecule has 2 heteroatoms. The van der Waals surface area contributed by atoms with E-state index in [1.54, 1.807) is 0 Å². The molecule has 1 heterocycles. The summed E-state index contributed by atoms with van der Waals surface area (Å²) in [5.41, 5.74) is 4.36. The molecule has 0 radical (unpaired) electrons. The predicted molar refractivity (Wildman–Crippen MR) is 71.9 cm³/mol. The summed E-state index contributed by atoms with van der Waals surface area (Å²) in [5, 5.41) is 0. The fourth-order valence-corrected chi connectivity index (χ4v) is 2.63. The van der Waals surface area contributed by atoms with Crippen molar-refractivity contribution >= 4 is 5.57 Å². The van der Waals surface area contributed by atoms with Crippen molar-refractivity contribution < 1.29 is 4.39 Å². The number of aryl methyl sites for hydroxylation is 2. The molecule has 2 aromatic rings. The Morgan fingerprint density at radius 2 is 1.94 bits per heavy atom. The van der Waals surface area contributed by atoms with E-state index in [1.807, 2.05) is 37.5 Å². The maximum atomic E-state index is 14.1. The van der Waals surface area contributed by atoms with Crippen LogP contribution < -0.4 is 0 Å². The molecule has 0 aliphatic heterocycles. The SMILES string of the molecule is Cn1cccc1CC1=C(F)CCc2ccccc21. The number of allylic oxidation sites excluding steroid dienone is 2. The standard InChI is InChI=1S/C16H16FN/c1-18-10-4-6-13(18)11-15-14-7-3-2-5-12(14)8-9-16(15)17/h2-7,10H,8-9,11H2,1H3. The Morgan fingerprint density at radius 1 is 1.11 bits per heavy atom. The van der Waals surface area contributed by atoms with Gasteiger partial charge in [0.15, 0.2) is 0 Å². The zero-order valence-electron chi connectivity index (χ0n) is 10.5. The van der Waals surface area contributed by atoms with Crippen LogP contribution in [0.4, 0.5) is 4.39 Å². The van der Waals surface area contributed by atoms with E-state index in [0.29, 0.717) is 12.8 Å². The molecule has 0 N–H and O–H groups in total. The summed E-state index contributed by atoms with van der Waals surface area (Å²) < 4.78 is 16.2. The lowest BCUT2D eigenvalue weighted by atomic mass is 9.88. The Balaban J connectivity index is 2.02. The molecular weight excluding hydrogens is 225 g/mol. The highest BCUT2D eigenvalue weighted by Gasteiger charge is 2.19. The molecule has 1 aliphatic rings. The fraction of sp³-hybridized carbons (Fsp3) is 0.250. The van der Waals surface area contributed by atoms with Crippen LogP contribution >= 0.6 is 0 Å². The van der Waals surface area contributed by atoms with Crippen LogP contribution in [0, 0.1) is 0 Å². The van der Waals surface area contributed by atoms with Gasteiger partial charge in [0, 0.05) is 31.8 Å². The van der Waals surface area contributed by atoms with E-state index < -0.39 is 0 Å². The minimum absolute atomic E-state index is 0.0508. The molecule has 0 spiro atoms. The third kappa shape index (κ3) is 1.88. The molecule has 0 fully saturated rings. The normalized spacial score (nSPS) is 14.8. The van der Waals surface area contributed by atoms with Crippen LogP contribution in [-0.4, -0.2) is 4.57 Å². The van der Waals surface area contributed by atoms with Gasteiger partial charge < -0.3 is 4.57 Å². The van der Waals surface area contributed by atoms with Crippen molar-refractivity contribution in [2.24, 2.45) is 7.05 Å². The van der Waals surface area contributed by atoms with Gasteiger partial charge in [0.25, 0.3) is 0 Å². The lowest BCUT2D eigenvalue weighted by Gasteiger charge is -2.19. The molecule has 3 rings (SSSR count). The summed E-state index contributed by atoms with van der Waals surface area (Å²) >= 11 is 0. The minimum Gasteiger partial charge on any atom is -0.354 e. The average Bonchev–Trinajstić information content (AvgIpc) is 2.79. The van der Waals surface area contributed by atoms with E-state index in [-0.39, 0.29) is 5.83 Å². The molecular formula is C16H16FN. The smallest absolute Gasteiger partial charge is 0.104 e. The minimum atomic E-state index is 0.0508. The van der Waals surface area contributed by atoms with Crippen LogP contribution in [0.1, 0.15) is 23.2 Å². The second-order valence-electron chi connectivity index (χ2n) is 4.83. The molecule has 1 aromatic carbocycles. The van der Waals surface area contributed by atoms with Crippen molar-refractivity contribution in [3.63, 3.8) is 0 Å². The van der Waals surface area contributed by atoms with Gasteiger partial charge in [-0.05, 0) is 35.3 Å². The van der Waals surface area contributed by atoms with Gasteiger partial charge in [0.2, 0.25) is 0 Å². The molecule has 0 bridgehead atoms. The average molecular weight is 241 g/mol. The molecule has 92 valence electrons. The monoisotopic (exact) mass is 241 g/mol. The number of hydrogen-bond donors (Lipinski definition) is 0. The maximum absolute atomic E-state index is 14.1. The first-order chi connectivity index (χ1) is 8.75. The van der Waals surface area contributed by atoms with Gasteiger partial charge in [-0.1, -0.05) is 24.3 Å². The number of fused-ring (bicyclic) bond motifs is 1. The second kappa shape index (κ2) is 4.45. The molecule has 0 saturated carbocycles. The van der Waals surface area contributed by atoms with Crippen LogP contribution in [0.25, 0.3) is 5.57 Å². The van der Waals surface area contributed by atoms with E-state index in [0.717, 1.165) is 23.3 Å². The van der Waals surface area contributed by atoms with Gasteiger partial charge in [-0.15, -0.1) is 0 Å². The summed E-state index contributed by atoms with van der Waals surface area (Å²) in [5.74, 6) is 0.0508. The number of rotatable bonds is 2. The van der Waals surface area contributed by atoms with Gasteiger partial charge in [-0.3, -0.25) is 0 Å². The molecule has 1 nitrogen and oxygen atoms in total. The van der Waals surface area contributed by atoms with Crippen molar-refractivity contribution in [2.45, 2.75) is 19.3 Å². The molecule has 0 saturated heterocycles. The summed E-state index contributed by atoms with van der Waals surface area (Å²) in [6, 6.07) is 12.2. The molecule has 1 aromatic heterocycles. The number of hydrogen-bond acceptors (Lipinski definition) is 0.